The zero-order valence-electron chi connectivity index (χ0n) is 18.0. The SMILES string of the molecule is CC1CCCCC1NC(=NCCCOCC1CCOCC1)NCCc1ccco1. The number of hydrogen-bond acceptors (Lipinski definition) is 4. The number of ether oxygens (including phenoxy) is 2. The van der Waals surface area contributed by atoms with Crippen molar-refractivity contribution >= 4 is 5.96 Å². The number of aliphatic imine (C=N–C) groups is 1. The van der Waals surface area contributed by atoms with Crippen LogP contribution in [0.3, 0.4) is 0 Å². The van der Waals surface area contributed by atoms with Gasteiger partial charge in [0, 0.05) is 52.0 Å². The molecule has 2 heterocycles. The molecule has 0 amide bonds. The molecule has 1 aliphatic carbocycles. The molecule has 2 unspecified atom stereocenters. The maximum Gasteiger partial charge on any atom is 0.191 e. The highest BCUT2D eigenvalue weighted by atomic mass is 16.5. The van der Waals surface area contributed by atoms with Crippen molar-refractivity contribution < 1.29 is 13.9 Å². The summed E-state index contributed by atoms with van der Waals surface area (Å²) in [6, 6.07) is 4.47. The number of guanidine groups is 1. The quantitative estimate of drug-likeness (QED) is 0.352. The van der Waals surface area contributed by atoms with Crippen LogP contribution in [0.5, 0.6) is 0 Å². The molecule has 1 aliphatic heterocycles. The molecule has 0 radical (unpaired) electrons. The van der Waals surface area contributed by atoms with Crippen LogP contribution >= 0.6 is 0 Å². The predicted molar refractivity (Wildman–Crippen MR) is 116 cm³/mol. The van der Waals surface area contributed by atoms with E-state index >= 15 is 0 Å². The van der Waals surface area contributed by atoms with Gasteiger partial charge in [-0.05, 0) is 56.1 Å². The first kappa shape index (κ1) is 22.2. The Hall–Kier alpha value is -1.53. The van der Waals surface area contributed by atoms with Gasteiger partial charge in [-0.1, -0.05) is 19.8 Å². The van der Waals surface area contributed by atoms with Gasteiger partial charge >= 0.3 is 0 Å². The smallest absolute Gasteiger partial charge is 0.191 e. The molecule has 1 saturated carbocycles. The third kappa shape index (κ3) is 8.39. The van der Waals surface area contributed by atoms with Gasteiger partial charge in [-0.15, -0.1) is 0 Å². The molecule has 6 nitrogen and oxygen atoms in total. The Bertz CT molecular complexity index is 570. The lowest BCUT2D eigenvalue weighted by molar-refractivity contribution is 0.0205. The van der Waals surface area contributed by atoms with Crippen LogP contribution in [0, 0.1) is 11.8 Å². The van der Waals surface area contributed by atoms with Crippen LogP contribution < -0.4 is 10.6 Å². The average molecular weight is 406 g/mol. The molecule has 2 aliphatic rings. The third-order valence-corrected chi connectivity index (χ3v) is 6.09. The Morgan fingerprint density at radius 2 is 2.07 bits per heavy atom. The van der Waals surface area contributed by atoms with Gasteiger partial charge in [0.25, 0.3) is 0 Å². The van der Waals surface area contributed by atoms with Crippen molar-refractivity contribution in [3.8, 4) is 0 Å². The number of nitrogens with one attached hydrogen (secondary N) is 2. The van der Waals surface area contributed by atoms with Gasteiger partial charge in [-0.3, -0.25) is 4.99 Å². The van der Waals surface area contributed by atoms with Gasteiger partial charge in [-0.25, -0.2) is 0 Å². The number of rotatable bonds is 10. The average Bonchev–Trinajstić information content (AvgIpc) is 3.26. The molecule has 29 heavy (non-hydrogen) atoms. The summed E-state index contributed by atoms with van der Waals surface area (Å²) in [5, 5.41) is 7.17. The molecule has 2 atom stereocenters. The lowest BCUT2D eigenvalue weighted by atomic mass is 9.86. The topological polar surface area (TPSA) is 68.0 Å². The summed E-state index contributed by atoms with van der Waals surface area (Å²) in [6.07, 6.45) is 11.0. The van der Waals surface area contributed by atoms with E-state index in [2.05, 4.69) is 17.6 Å². The summed E-state index contributed by atoms with van der Waals surface area (Å²) < 4.78 is 16.7. The van der Waals surface area contributed by atoms with E-state index in [0.29, 0.717) is 17.9 Å². The van der Waals surface area contributed by atoms with Gasteiger partial charge in [0.2, 0.25) is 0 Å². The molecule has 164 valence electrons. The van der Waals surface area contributed by atoms with E-state index in [4.69, 9.17) is 18.9 Å². The molecule has 1 aromatic rings. The Morgan fingerprint density at radius 3 is 2.86 bits per heavy atom. The molecular weight excluding hydrogens is 366 g/mol. The molecule has 0 bridgehead atoms. The first-order chi connectivity index (χ1) is 14.3. The van der Waals surface area contributed by atoms with Crippen LogP contribution in [-0.4, -0.2) is 51.5 Å². The number of furan rings is 1. The molecule has 3 rings (SSSR count). The Balaban J connectivity index is 1.38. The van der Waals surface area contributed by atoms with Crippen LogP contribution in [0.25, 0.3) is 0 Å². The molecule has 0 spiro atoms. The monoisotopic (exact) mass is 405 g/mol. The molecule has 6 heteroatoms. The second kappa shape index (κ2) is 12.9. The lowest BCUT2D eigenvalue weighted by Gasteiger charge is -2.31. The van der Waals surface area contributed by atoms with Gasteiger partial charge in [0.15, 0.2) is 5.96 Å². The maximum absolute atomic E-state index is 5.87. The van der Waals surface area contributed by atoms with E-state index in [1.165, 1.54) is 25.7 Å². The molecule has 0 aromatic carbocycles. The summed E-state index contributed by atoms with van der Waals surface area (Å²) in [5.74, 6) is 3.30. The standard InChI is InChI=1S/C23H39N3O3/c1-19-6-2-3-8-22(19)26-23(25-13-9-21-7-4-15-29-21)24-12-5-14-28-18-20-10-16-27-17-11-20/h4,7,15,19-20,22H,2-3,5-6,8-14,16-18H2,1H3,(H2,24,25,26). The lowest BCUT2D eigenvalue weighted by Crippen LogP contribution is -2.47. The van der Waals surface area contributed by atoms with E-state index in [1.54, 1.807) is 6.26 Å². The number of hydrogen-bond donors (Lipinski definition) is 2. The highest BCUT2D eigenvalue weighted by Gasteiger charge is 2.22. The summed E-state index contributed by atoms with van der Waals surface area (Å²) >= 11 is 0. The second-order valence-electron chi connectivity index (χ2n) is 8.48. The van der Waals surface area contributed by atoms with Crippen molar-refractivity contribution in [3.63, 3.8) is 0 Å². The van der Waals surface area contributed by atoms with Crippen molar-refractivity contribution in [2.24, 2.45) is 16.8 Å². The van der Waals surface area contributed by atoms with Gasteiger partial charge in [0.1, 0.15) is 5.76 Å². The first-order valence-corrected chi connectivity index (χ1v) is 11.5. The minimum absolute atomic E-state index is 0.517. The molecular formula is C23H39N3O3. The van der Waals surface area contributed by atoms with E-state index in [-0.39, 0.29) is 0 Å². The van der Waals surface area contributed by atoms with Crippen LogP contribution in [0.4, 0.5) is 0 Å². The first-order valence-electron chi connectivity index (χ1n) is 11.5. The summed E-state index contributed by atoms with van der Waals surface area (Å²) in [7, 11) is 0. The van der Waals surface area contributed by atoms with Crippen LogP contribution in [0.15, 0.2) is 27.8 Å². The Labute approximate surface area is 175 Å². The molecule has 1 aromatic heterocycles. The van der Waals surface area contributed by atoms with Crippen molar-refractivity contribution in [1.82, 2.24) is 10.6 Å². The van der Waals surface area contributed by atoms with Crippen LogP contribution in [-0.2, 0) is 15.9 Å². The predicted octanol–water partition coefficient (Wildman–Crippen LogP) is 3.77. The van der Waals surface area contributed by atoms with Crippen LogP contribution in [0.2, 0.25) is 0 Å². The van der Waals surface area contributed by atoms with Gasteiger partial charge in [0.05, 0.1) is 6.26 Å². The zero-order chi connectivity index (χ0) is 20.2. The third-order valence-electron chi connectivity index (χ3n) is 6.09. The molecule has 1 saturated heterocycles. The summed E-state index contributed by atoms with van der Waals surface area (Å²) in [4.78, 5) is 4.82. The Morgan fingerprint density at radius 1 is 1.21 bits per heavy atom. The van der Waals surface area contributed by atoms with Crippen molar-refractivity contribution in [2.45, 2.75) is 64.3 Å². The Kier molecular flexibility index (Phi) is 9.87. The van der Waals surface area contributed by atoms with Crippen LogP contribution in [0.1, 0.15) is 57.6 Å². The summed E-state index contributed by atoms with van der Waals surface area (Å²) in [6.45, 7) is 7.36. The minimum Gasteiger partial charge on any atom is -0.469 e. The molecule has 2 N–H and O–H groups in total. The zero-order valence-corrected chi connectivity index (χ0v) is 18.0. The molecule has 2 fully saturated rings. The van der Waals surface area contributed by atoms with E-state index in [1.807, 2.05) is 12.1 Å². The minimum atomic E-state index is 0.517. The second-order valence-corrected chi connectivity index (χ2v) is 8.48. The fraction of sp³-hybridized carbons (Fsp3) is 0.783. The number of nitrogens with zero attached hydrogens (tertiary/aromatic N) is 1. The normalized spacial score (nSPS) is 23.8. The van der Waals surface area contributed by atoms with E-state index < -0.39 is 0 Å². The highest BCUT2D eigenvalue weighted by molar-refractivity contribution is 5.80. The fourth-order valence-electron chi connectivity index (χ4n) is 4.14. The van der Waals surface area contributed by atoms with Crippen molar-refractivity contribution in [1.29, 1.82) is 0 Å². The van der Waals surface area contributed by atoms with Gasteiger partial charge < -0.3 is 24.5 Å². The van der Waals surface area contributed by atoms with E-state index in [0.717, 1.165) is 76.9 Å². The van der Waals surface area contributed by atoms with Gasteiger partial charge in [-0.2, -0.15) is 0 Å². The van der Waals surface area contributed by atoms with Crippen molar-refractivity contribution in [2.75, 3.05) is 39.5 Å². The fourth-order valence-corrected chi connectivity index (χ4v) is 4.14. The highest BCUT2D eigenvalue weighted by Crippen LogP contribution is 2.23. The van der Waals surface area contributed by atoms with E-state index in [9.17, 15) is 0 Å². The largest absolute Gasteiger partial charge is 0.469 e. The summed E-state index contributed by atoms with van der Waals surface area (Å²) in [5.41, 5.74) is 0. The van der Waals surface area contributed by atoms with Crippen molar-refractivity contribution in [3.05, 3.63) is 24.2 Å². The maximum atomic E-state index is 5.87.